The number of imidazole rings is 1. The van der Waals surface area contributed by atoms with Crippen LogP contribution in [-0.4, -0.2) is 14.5 Å². The molecule has 3 rings (SSSR count). The molecule has 3 heterocycles. The van der Waals surface area contributed by atoms with E-state index in [4.69, 9.17) is 0 Å². The molecule has 3 nitrogen and oxygen atoms in total. The number of hydrogen-bond acceptors (Lipinski definition) is 4. The Morgan fingerprint density at radius 3 is 2.94 bits per heavy atom. The number of aryl methyl sites for hydroxylation is 2. The Balaban J connectivity index is 1.81. The summed E-state index contributed by atoms with van der Waals surface area (Å²) >= 11 is 3.28. The fourth-order valence-corrected chi connectivity index (χ4v) is 3.69. The molecule has 0 amide bonds. The number of rotatable bonds is 3. The molecule has 1 atom stereocenters. The van der Waals surface area contributed by atoms with E-state index in [1.54, 1.807) is 22.7 Å². The van der Waals surface area contributed by atoms with Crippen LogP contribution in [0.3, 0.4) is 0 Å². The van der Waals surface area contributed by atoms with Crippen LogP contribution in [0.4, 0.5) is 0 Å². The number of fused-ring (bicyclic) bond motifs is 1. The van der Waals surface area contributed by atoms with E-state index in [2.05, 4.69) is 24.9 Å². The Morgan fingerprint density at radius 1 is 1.44 bits per heavy atom. The summed E-state index contributed by atoms with van der Waals surface area (Å²) in [5.41, 5.74) is 2.19. The highest BCUT2D eigenvalue weighted by atomic mass is 32.1. The normalized spacial score (nSPS) is 13.3. The minimum atomic E-state index is -0.452. The maximum absolute atomic E-state index is 10.2. The van der Waals surface area contributed by atoms with Crippen molar-refractivity contribution in [3.8, 4) is 0 Å². The van der Waals surface area contributed by atoms with Crippen molar-refractivity contribution in [2.24, 2.45) is 0 Å². The topological polar surface area (TPSA) is 37.5 Å². The van der Waals surface area contributed by atoms with Gasteiger partial charge in [-0.15, -0.1) is 22.7 Å². The summed E-state index contributed by atoms with van der Waals surface area (Å²) in [6.45, 7) is 4.16. The molecular weight excluding hydrogens is 264 g/mol. The lowest BCUT2D eigenvalue weighted by Crippen LogP contribution is -1.99. The van der Waals surface area contributed by atoms with Crippen LogP contribution < -0.4 is 0 Å². The third kappa shape index (κ3) is 2.09. The molecule has 3 aromatic heterocycles. The minimum absolute atomic E-state index is 0.452. The highest BCUT2D eigenvalue weighted by Gasteiger charge is 2.14. The Bertz CT molecular complexity index is 632. The monoisotopic (exact) mass is 278 g/mol. The van der Waals surface area contributed by atoms with Crippen molar-refractivity contribution in [2.45, 2.75) is 26.4 Å². The van der Waals surface area contributed by atoms with Gasteiger partial charge in [0, 0.05) is 33.9 Å². The van der Waals surface area contributed by atoms with Gasteiger partial charge in [-0.3, -0.25) is 4.40 Å². The van der Waals surface area contributed by atoms with E-state index in [1.165, 1.54) is 10.4 Å². The Morgan fingerprint density at radius 2 is 2.28 bits per heavy atom. The average molecular weight is 278 g/mol. The van der Waals surface area contributed by atoms with Crippen molar-refractivity contribution in [3.63, 3.8) is 0 Å². The number of aromatic nitrogens is 2. The Labute approximate surface area is 113 Å². The van der Waals surface area contributed by atoms with Gasteiger partial charge in [0.05, 0.1) is 11.8 Å². The van der Waals surface area contributed by atoms with Crippen LogP contribution in [0.2, 0.25) is 0 Å². The molecule has 18 heavy (non-hydrogen) atoms. The predicted molar refractivity (Wildman–Crippen MR) is 75.5 cm³/mol. The molecule has 0 aromatic carbocycles. The van der Waals surface area contributed by atoms with Crippen LogP contribution in [0.5, 0.6) is 0 Å². The molecule has 1 N–H and O–H groups in total. The van der Waals surface area contributed by atoms with Crippen LogP contribution in [0, 0.1) is 13.8 Å². The number of aliphatic hydroxyl groups is 1. The van der Waals surface area contributed by atoms with Crippen LogP contribution in [0.25, 0.3) is 4.96 Å². The Kier molecular flexibility index (Phi) is 2.97. The molecule has 5 heteroatoms. The molecule has 0 aliphatic rings. The number of hydrogen-bond donors (Lipinski definition) is 1. The second-order valence-corrected chi connectivity index (χ2v) is 6.59. The molecule has 0 aliphatic heterocycles. The lowest BCUT2D eigenvalue weighted by atomic mass is 10.1. The molecule has 94 valence electrons. The molecule has 0 saturated carbocycles. The third-order valence-corrected chi connectivity index (χ3v) is 5.08. The highest BCUT2D eigenvalue weighted by molar-refractivity contribution is 7.15. The zero-order chi connectivity index (χ0) is 12.7. The van der Waals surface area contributed by atoms with Gasteiger partial charge in [0.2, 0.25) is 0 Å². The first-order valence-corrected chi connectivity index (χ1v) is 7.49. The molecule has 0 saturated heterocycles. The van der Waals surface area contributed by atoms with E-state index >= 15 is 0 Å². The molecule has 0 spiro atoms. The van der Waals surface area contributed by atoms with Gasteiger partial charge in [0.15, 0.2) is 4.96 Å². The summed E-state index contributed by atoms with van der Waals surface area (Å²) in [5.74, 6) is 0. The van der Waals surface area contributed by atoms with E-state index in [1.807, 2.05) is 22.2 Å². The number of thiazole rings is 1. The summed E-state index contributed by atoms with van der Waals surface area (Å²) < 4.78 is 2.00. The fraction of sp³-hybridized carbons (Fsp3) is 0.308. The minimum Gasteiger partial charge on any atom is -0.387 e. The molecule has 3 aromatic rings. The van der Waals surface area contributed by atoms with Crippen molar-refractivity contribution < 1.29 is 5.11 Å². The Hall–Kier alpha value is -1.17. The smallest absolute Gasteiger partial charge is 0.193 e. The van der Waals surface area contributed by atoms with Crippen LogP contribution in [-0.2, 0) is 6.42 Å². The first kappa shape index (κ1) is 11.9. The van der Waals surface area contributed by atoms with E-state index in [9.17, 15) is 5.11 Å². The van der Waals surface area contributed by atoms with Gasteiger partial charge in [-0.05, 0) is 25.5 Å². The van der Waals surface area contributed by atoms with Crippen LogP contribution >= 0.6 is 22.7 Å². The van der Waals surface area contributed by atoms with E-state index in [-0.39, 0.29) is 0 Å². The first-order valence-electron chi connectivity index (χ1n) is 5.79. The van der Waals surface area contributed by atoms with Gasteiger partial charge < -0.3 is 5.11 Å². The molecule has 0 bridgehead atoms. The third-order valence-electron chi connectivity index (χ3n) is 3.06. The standard InChI is InChI=1S/C13H14N2OS2/c1-8-5-12(18-9(8)2)11(16)6-10-7-15-3-4-17-13(15)14-10/h3-5,7,11,16H,6H2,1-2H3. The largest absolute Gasteiger partial charge is 0.387 e. The lowest BCUT2D eigenvalue weighted by Gasteiger charge is -2.05. The molecule has 0 fully saturated rings. The zero-order valence-electron chi connectivity index (χ0n) is 10.3. The van der Waals surface area contributed by atoms with E-state index in [0.29, 0.717) is 6.42 Å². The second kappa shape index (κ2) is 4.50. The average Bonchev–Trinajstić information content (AvgIpc) is 2.95. The van der Waals surface area contributed by atoms with E-state index in [0.717, 1.165) is 15.5 Å². The second-order valence-electron chi connectivity index (χ2n) is 4.43. The summed E-state index contributed by atoms with van der Waals surface area (Å²) in [6, 6.07) is 2.07. The quantitative estimate of drug-likeness (QED) is 0.798. The highest BCUT2D eigenvalue weighted by Crippen LogP contribution is 2.28. The molecule has 0 radical (unpaired) electrons. The van der Waals surface area contributed by atoms with Crippen molar-refractivity contribution in [3.05, 3.63) is 44.9 Å². The number of nitrogens with zero attached hydrogens (tertiary/aromatic N) is 2. The number of aliphatic hydroxyl groups excluding tert-OH is 1. The number of thiophene rings is 1. The van der Waals surface area contributed by atoms with Gasteiger partial charge in [0.25, 0.3) is 0 Å². The van der Waals surface area contributed by atoms with Crippen molar-refractivity contribution in [1.82, 2.24) is 9.38 Å². The first-order chi connectivity index (χ1) is 8.63. The maximum atomic E-state index is 10.2. The summed E-state index contributed by atoms with van der Waals surface area (Å²) in [4.78, 5) is 7.78. The molecule has 1 unspecified atom stereocenters. The predicted octanol–water partition coefficient (Wildman–Crippen LogP) is 3.35. The maximum Gasteiger partial charge on any atom is 0.193 e. The summed E-state index contributed by atoms with van der Waals surface area (Å²) in [7, 11) is 0. The van der Waals surface area contributed by atoms with Crippen molar-refractivity contribution in [2.75, 3.05) is 0 Å². The van der Waals surface area contributed by atoms with Crippen molar-refractivity contribution in [1.29, 1.82) is 0 Å². The van der Waals surface area contributed by atoms with Gasteiger partial charge in [-0.1, -0.05) is 0 Å². The lowest BCUT2D eigenvalue weighted by molar-refractivity contribution is 0.181. The summed E-state index contributed by atoms with van der Waals surface area (Å²) in [6.07, 6.45) is 4.10. The zero-order valence-corrected chi connectivity index (χ0v) is 11.9. The summed E-state index contributed by atoms with van der Waals surface area (Å²) in [5, 5.41) is 12.2. The van der Waals surface area contributed by atoms with Gasteiger partial charge in [0.1, 0.15) is 0 Å². The van der Waals surface area contributed by atoms with Crippen LogP contribution in [0.15, 0.2) is 23.8 Å². The molecule has 0 aliphatic carbocycles. The fourth-order valence-electron chi connectivity index (χ4n) is 1.94. The SMILES string of the molecule is Cc1cc(C(O)Cc2cn3ccsc3n2)sc1C. The van der Waals surface area contributed by atoms with Crippen molar-refractivity contribution >= 4 is 27.6 Å². The molecular formula is C13H14N2OS2. The van der Waals surface area contributed by atoms with Crippen LogP contribution in [0.1, 0.15) is 27.1 Å². The van der Waals surface area contributed by atoms with E-state index < -0.39 is 6.10 Å². The van der Waals surface area contributed by atoms with Gasteiger partial charge in [-0.25, -0.2) is 4.98 Å². The van der Waals surface area contributed by atoms with Gasteiger partial charge in [-0.2, -0.15) is 0 Å². The van der Waals surface area contributed by atoms with Gasteiger partial charge >= 0.3 is 0 Å².